The van der Waals surface area contributed by atoms with Crippen LogP contribution in [0.3, 0.4) is 0 Å². The Morgan fingerprint density at radius 1 is 1.15 bits per heavy atom. The van der Waals surface area contributed by atoms with Gasteiger partial charge in [0.1, 0.15) is 0 Å². The molecule has 4 nitrogen and oxygen atoms in total. The van der Waals surface area contributed by atoms with Gasteiger partial charge in [0.2, 0.25) is 0 Å². The van der Waals surface area contributed by atoms with Gasteiger partial charge in [-0.1, -0.05) is 0 Å². The van der Waals surface area contributed by atoms with Crippen molar-refractivity contribution < 1.29 is 0 Å². The first-order valence-electron chi connectivity index (χ1n) is 7.45. The maximum atomic E-state index is 6.39. The quantitative estimate of drug-likeness (QED) is 0.805. The minimum Gasteiger partial charge on any atom is -0.396 e. The molecule has 0 saturated carbocycles. The third-order valence-electron chi connectivity index (χ3n) is 4.73. The Labute approximate surface area is 119 Å². The maximum absolute atomic E-state index is 6.39. The Morgan fingerprint density at radius 2 is 2.10 bits per heavy atom. The lowest BCUT2D eigenvalue weighted by molar-refractivity contribution is 0.231. The number of nitrogen functional groups attached to an aromatic ring is 1. The molecule has 0 radical (unpaired) electrons. The van der Waals surface area contributed by atoms with Gasteiger partial charge in [0, 0.05) is 37.3 Å². The van der Waals surface area contributed by atoms with Gasteiger partial charge in [-0.05, 0) is 43.7 Å². The topological polar surface area (TPSA) is 45.4 Å². The van der Waals surface area contributed by atoms with E-state index >= 15 is 0 Å². The van der Waals surface area contributed by atoms with Gasteiger partial charge in [-0.25, -0.2) is 0 Å². The predicted octanol–water partition coefficient (Wildman–Crippen LogP) is 2.10. The van der Waals surface area contributed by atoms with Crippen LogP contribution in [0.2, 0.25) is 0 Å². The lowest BCUT2D eigenvalue weighted by Gasteiger charge is -2.39. The number of piperazine rings is 1. The second-order valence-corrected chi connectivity index (χ2v) is 5.85. The highest BCUT2D eigenvalue weighted by molar-refractivity contribution is 5.97. The van der Waals surface area contributed by atoms with Crippen molar-refractivity contribution in [2.24, 2.45) is 0 Å². The van der Waals surface area contributed by atoms with Crippen molar-refractivity contribution in [3.63, 3.8) is 0 Å². The number of benzene rings is 1. The van der Waals surface area contributed by atoms with Crippen molar-refractivity contribution in [2.75, 3.05) is 36.8 Å². The summed E-state index contributed by atoms with van der Waals surface area (Å²) in [5.74, 6) is 0. The first-order chi connectivity index (χ1) is 9.83. The number of pyridine rings is 1. The summed E-state index contributed by atoms with van der Waals surface area (Å²) in [5.41, 5.74) is 9.43. The lowest BCUT2D eigenvalue weighted by atomic mass is 10.1. The van der Waals surface area contributed by atoms with Gasteiger partial charge >= 0.3 is 0 Å². The van der Waals surface area contributed by atoms with Gasteiger partial charge in [0.25, 0.3) is 0 Å². The van der Waals surface area contributed by atoms with E-state index in [2.05, 4.69) is 33.0 Å². The zero-order valence-electron chi connectivity index (χ0n) is 11.6. The standard InChI is InChI=1S/C16H20N4/c17-16-13-4-1-7-18-14(13)5-6-15(16)20-10-9-19-8-2-3-12(19)11-20/h1,4-7,12H,2-3,8-11,17H2. The molecular formula is C16H20N4. The van der Waals surface area contributed by atoms with Crippen molar-refractivity contribution in [1.82, 2.24) is 9.88 Å². The molecule has 2 aliphatic heterocycles. The smallest absolute Gasteiger partial charge is 0.0724 e. The number of nitrogens with zero attached hydrogens (tertiary/aromatic N) is 3. The van der Waals surface area contributed by atoms with E-state index in [9.17, 15) is 0 Å². The van der Waals surface area contributed by atoms with Crippen LogP contribution in [-0.4, -0.2) is 42.1 Å². The van der Waals surface area contributed by atoms with Crippen molar-refractivity contribution in [2.45, 2.75) is 18.9 Å². The lowest BCUT2D eigenvalue weighted by Crippen LogP contribution is -2.50. The number of aromatic nitrogens is 1. The molecule has 104 valence electrons. The first kappa shape index (κ1) is 12.0. The Kier molecular flexibility index (Phi) is 2.77. The van der Waals surface area contributed by atoms with E-state index in [4.69, 9.17) is 5.73 Å². The number of anilines is 2. The molecule has 2 N–H and O–H groups in total. The van der Waals surface area contributed by atoms with Crippen LogP contribution in [-0.2, 0) is 0 Å². The zero-order valence-corrected chi connectivity index (χ0v) is 11.6. The third kappa shape index (κ3) is 1.83. The van der Waals surface area contributed by atoms with Crippen LogP contribution in [0.1, 0.15) is 12.8 Å². The van der Waals surface area contributed by atoms with Crippen molar-refractivity contribution >= 4 is 22.3 Å². The summed E-state index contributed by atoms with van der Waals surface area (Å²) >= 11 is 0. The zero-order chi connectivity index (χ0) is 13.5. The van der Waals surface area contributed by atoms with E-state index in [1.807, 2.05) is 12.3 Å². The fourth-order valence-corrected chi connectivity index (χ4v) is 3.65. The van der Waals surface area contributed by atoms with E-state index in [1.165, 1.54) is 25.1 Å². The monoisotopic (exact) mass is 268 g/mol. The second-order valence-electron chi connectivity index (χ2n) is 5.85. The highest BCUT2D eigenvalue weighted by Crippen LogP contribution is 2.33. The molecule has 1 unspecified atom stereocenters. The Balaban J connectivity index is 1.70. The summed E-state index contributed by atoms with van der Waals surface area (Å²) in [5, 5.41) is 1.07. The van der Waals surface area contributed by atoms with E-state index in [1.54, 1.807) is 0 Å². The maximum Gasteiger partial charge on any atom is 0.0724 e. The van der Waals surface area contributed by atoms with Gasteiger partial charge in [-0.15, -0.1) is 0 Å². The van der Waals surface area contributed by atoms with Gasteiger partial charge in [0.05, 0.1) is 16.9 Å². The number of rotatable bonds is 1. The summed E-state index contributed by atoms with van der Waals surface area (Å²) in [6.45, 7) is 4.62. The highest BCUT2D eigenvalue weighted by atomic mass is 15.3. The number of hydrogen-bond donors (Lipinski definition) is 1. The summed E-state index contributed by atoms with van der Waals surface area (Å²) in [7, 11) is 0. The number of hydrogen-bond acceptors (Lipinski definition) is 4. The van der Waals surface area contributed by atoms with E-state index in [0.29, 0.717) is 6.04 Å². The second kappa shape index (κ2) is 4.63. The summed E-state index contributed by atoms with van der Waals surface area (Å²) in [6, 6.07) is 8.95. The van der Waals surface area contributed by atoms with Crippen LogP contribution < -0.4 is 10.6 Å². The molecule has 0 bridgehead atoms. The van der Waals surface area contributed by atoms with E-state index in [0.717, 1.165) is 36.2 Å². The van der Waals surface area contributed by atoms with E-state index in [-0.39, 0.29) is 0 Å². The van der Waals surface area contributed by atoms with Crippen LogP contribution in [0.25, 0.3) is 10.9 Å². The molecule has 1 aromatic carbocycles. The molecular weight excluding hydrogens is 248 g/mol. The average Bonchev–Trinajstić information content (AvgIpc) is 2.95. The van der Waals surface area contributed by atoms with Gasteiger partial charge in [-0.3, -0.25) is 9.88 Å². The summed E-state index contributed by atoms with van der Waals surface area (Å²) in [6.07, 6.45) is 4.49. The van der Waals surface area contributed by atoms with Gasteiger partial charge < -0.3 is 10.6 Å². The summed E-state index contributed by atoms with van der Waals surface area (Å²) < 4.78 is 0. The largest absolute Gasteiger partial charge is 0.396 e. The Morgan fingerprint density at radius 3 is 3.05 bits per heavy atom. The molecule has 20 heavy (non-hydrogen) atoms. The molecule has 4 rings (SSSR count). The minimum atomic E-state index is 0.716. The molecule has 4 heteroatoms. The molecule has 2 aromatic rings. The van der Waals surface area contributed by atoms with Crippen LogP contribution >= 0.6 is 0 Å². The third-order valence-corrected chi connectivity index (χ3v) is 4.73. The SMILES string of the molecule is Nc1c(N2CCN3CCCC3C2)ccc2ncccc12. The molecule has 0 aliphatic carbocycles. The normalized spacial score (nSPS) is 23.2. The van der Waals surface area contributed by atoms with Gasteiger partial charge in [-0.2, -0.15) is 0 Å². The average molecular weight is 268 g/mol. The van der Waals surface area contributed by atoms with Crippen molar-refractivity contribution in [3.05, 3.63) is 30.5 Å². The highest BCUT2D eigenvalue weighted by Gasteiger charge is 2.31. The molecule has 2 saturated heterocycles. The minimum absolute atomic E-state index is 0.716. The Bertz CT molecular complexity index is 639. The van der Waals surface area contributed by atoms with Gasteiger partial charge in [0.15, 0.2) is 0 Å². The molecule has 1 atom stereocenters. The molecule has 0 spiro atoms. The molecule has 2 fully saturated rings. The van der Waals surface area contributed by atoms with Crippen LogP contribution in [0.15, 0.2) is 30.5 Å². The molecule has 0 amide bonds. The van der Waals surface area contributed by atoms with Crippen molar-refractivity contribution in [1.29, 1.82) is 0 Å². The van der Waals surface area contributed by atoms with Crippen LogP contribution in [0.4, 0.5) is 11.4 Å². The molecule has 3 heterocycles. The summed E-state index contributed by atoms with van der Waals surface area (Å²) in [4.78, 5) is 9.45. The Hall–Kier alpha value is -1.81. The fourth-order valence-electron chi connectivity index (χ4n) is 3.65. The first-order valence-corrected chi connectivity index (χ1v) is 7.45. The van der Waals surface area contributed by atoms with Crippen LogP contribution in [0.5, 0.6) is 0 Å². The fraction of sp³-hybridized carbons (Fsp3) is 0.438. The molecule has 2 aliphatic rings. The van der Waals surface area contributed by atoms with Crippen molar-refractivity contribution in [3.8, 4) is 0 Å². The van der Waals surface area contributed by atoms with E-state index < -0.39 is 0 Å². The number of nitrogens with two attached hydrogens (primary N) is 1. The number of fused-ring (bicyclic) bond motifs is 2. The molecule has 1 aromatic heterocycles. The predicted molar refractivity (Wildman–Crippen MR) is 83.0 cm³/mol. The van der Waals surface area contributed by atoms with Crippen LogP contribution in [0, 0.1) is 0 Å².